The summed E-state index contributed by atoms with van der Waals surface area (Å²) >= 11 is 0. The van der Waals surface area contributed by atoms with Crippen molar-refractivity contribution in [2.24, 2.45) is 7.05 Å². The molecule has 1 atom stereocenters. The molecule has 0 radical (unpaired) electrons. The van der Waals surface area contributed by atoms with Crippen LogP contribution in [0.1, 0.15) is 28.9 Å². The van der Waals surface area contributed by atoms with Crippen LogP contribution in [-0.4, -0.2) is 20.4 Å². The maximum Gasteiger partial charge on any atom is 0.253 e. The molecule has 3 aromatic heterocycles. The number of nitrogens with one attached hydrogen (secondary N) is 1. The Morgan fingerprint density at radius 3 is 2.86 bits per heavy atom. The van der Waals surface area contributed by atoms with Crippen molar-refractivity contribution < 1.29 is 4.79 Å². The molecule has 1 unspecified atom stereocenters. The van der Waals surface area contributed by atoms with Crippen LogP contribution in [0.4, 0.5) is 0 Å². The van der Waals surface area contributed by atoms with E-state index in [1.54, 1.807) is 18.6 Å². The highest BCUT2D eigenvalue weighted by Gasteiger charge is 2.16. The molecule has 0 fully saturated rings. The zero-order valence-corrected chi connectivity index (χ0v) is 11.9. The number of fused-ring (bicyclic) bond motifs is 1. The standard InChI is InChI=1S/C16H16N4O/c1-11(12-5-3-7-17-9-12)19-16(21)14-10-20(2)15-13(14)6-4-8-18-15/h3-11H,1-2H3,(H,19,21). The second kappa shape index (κ2) is 5.36. The van der Waals surface area contributed by atoms with E-state index in [0.29, 0.717) is 5.56 Å². The number of amides is 1. The van der Waals surface area contributed by atoms with Crippen LogP contribution in [0, 0.1) is 0 Å². The number of aromatic nitrogens is 3. The summed E-state index contributed by atoms with van der Waals surface area (Å²) in [7, 11) is 1.89. The minimum Gasteiger partial charge on any atom is -0.345 e. The van der Waals surface area contributed by atoms with Gasteiger partial charge in [0.25, 0.3) is 5.91 Å². The highest BCUT2D eigenvalue weighted by molar-refractivity contribution is 6.06. The molecule has 0 aliphatic rings. The quantitative estimate of drug-likeness (QED) is 0.801. The van der Waals surface area contributed by atoms with Gasteiger partial charge >= 0.3 is 0 Å². The fourth-order valence-corrected chi connectivity index (χ4v) is 2.38. The zero-order chi connectivity index (χ0) is 14.8. The fourth-order valence-electron chi connectivity index (χ4n) is 2.38. The van der Waals surface area contributed by atoms with Gasteiger partial charge in [0, 0.05) is 37.2 Å². The first-order valence-corrected chi connectivity index (χ1v) is 6.77. The topological polar surface area (TPSA) is 59.8 Å². The molecular formula is C16H16N4O. The molecule has 1 N–H and O–H groups in total. The molecule has 3 heterocycles. The van der Waals surface area contributed by atoms with Gasteiger partial charge in [-0.2, -0.15) is 0 Å². The van der Waals surface area contributed by atoms with E-state index in [9.17, 15) is 4.79 Å². The van der Waals surface area contributed by atoms with E-state index >= 15 is 0 Å². The Labute approximate surface area is 122 Å². The Bertz CT molecular complexity index is 779. The molecule has 3 aromatic rings. The van der Waals surface area contributed by atoms with Gasteiger partial charge in [-0.3, -0.25) is 9.78 Å². The molecule has 0 aliphatic heterocycles. The van der Waals surface area contributed by atoms with Gasteiger partial charge in [-0.05, 0) is 30.7 Å². The number of hydrogen-bond acceptors (Lipinski definition) is 3. The summed E-state index contributed by atoms with van der Waals surface area (Å²) in [5, 5.41) is 3.86. The van der Waals surface area contributed by atoms with Crippen LogP contribution >= 0.6 is 0 Å². The average Bonchev–Trinajstić information content (AvgIpc) is 2.86. The van der Waals surface area contributed by atoms with Gasteiger partial charge in [-0.25, -0.2) is 4.98 Å². The SMILES string of the molecule is CC(NC(=O)c1cn(C)c2ncccc12)c1cccnc1. The lowest BCUT2D eigenvalue weighted by atomic mass is 10.1. The van der Waals surface area contributed by atoms with E-state index in [2.05, 4.69) is 15.3 Å². The number of rotatable bonds is 3. The van der Waals surface area contributed by atoms with Crippen LogP contribution < -0.4 is 5.32 Å². The van der Waals surface area contributed by atoms with Crippen LogP contribution in [0.15, 0.2) is 49.1 Å². The number of carbonyl (C=O) groups is 1. The molecule has 0 bridgehead atoms. The second-order valence-corrected chi connectivity index (χ2v) is 5.01. The lowest BCUT2D eigenvalue weighted by Crippen LogP contribution is -2.26. The van der Waals surface area contributed by atoms with Crippen LogP contribution in [0.3, 0.4) is 0 Å². The van der Waals surface area contributed by atoms with Gasteiger partial charge in [0.15, 0.2) is 0 Å². The first-order chi connectivity index (χ1) is 10.2. The number of carbonyl (C=O) groups excluding carboxylic acids is 1. The third-order valence-electron chi connectivity index (χ3n) is 3.51. The fraction of sp³-hybridized carbons (Fsp3) is 0.188. The van der Waals surface area contributed by atoms with E-state index in [1.807, 2.05) is 49.0 Å². The summed E-state index contributed by atoms with van der Waals surface area (Å²) in [6.07, 6.45) is 7.01. The third kappa shape index (κ3) is 2.50. The number of hydrogen-bond donors (Lipinski definition) is 1. The Balaban J connectivity index is 1.88. The first kappa shape index (κ1) is 13.3. The Hall–Kier alpha value is -2.69. The maximum atomic E-state index is 12.5. The maximum absolute atomic E-state index is 12.5. The molecule has 3 rings (SSSR count). The minimum absolute atomic E-state index is 0.0990. The predicted molar refractivity (Wildman–Crippen MR) is 80.8 cm³/mol. The number of nitrogens with zero attached hydrogens (tertiary/aromatic N) is 3. The number of pyridine rings is 2. The van der Waals surface area contributed by atoms with E-state index in [1.165, 1.54) is 0 Å². The summed E-state index contributed by atoms with van der Waals surface area (Å²) in [6, 6.07) is 7.45. The van der Waals surface area contributed by atoms with E-state index < -0.39 is 0 Å². The predicted octanol–water partition coefficient (Wildman–Crippen LogP) is 2.46. The summed E-state index contributed by atoms with van der Waals surface area (Å²) in [5.41, 5.74) is 2.41. The Morgan fingerprint density at radius 1 is 1.29 bits per heavy atom. The van der Waals surface area contributed by atoms with Crippen molar-refractivity contribution in [3.05, 3.63) is 60.2 Å². The van der Waals surface area contributed by atoms with Crippen molar-refractivity contribution in [2.75, 3.05) is 0 Å². The van der Waals surface area contributed by atoms with Crippen molar-refractivity contribution in [2.45, 2.75) is 13.0 Å². The molecule has 0 aromatic carbocycles. The second-order valence-electron chi connectivity index (χ2n) is 5.01. The van der Waals surface area contributed by atoms with Crippen molar-refractivity contribution in [3.63, 3.8) is 0 Å². The first-order valence-electron chi connectivity index (χ1n) is 6.77. The summed E-state index contributed by atoms with van der Waals surface area (Å²) in [5.74, 6) is -0.107. The van der Waals surface area contributed by atoms with Crippen LogP contribution in [0.2, 0.25) is 0 Å². The minimum atomic E-state index is -0.107. The molecular weight excluding hydrogens is 264 g/mol. The largest absolute Gasteiger partial charge is 0.345 e. The summed E-state index contributed by atoms with van der Waals surface area (Å²) in [4.78, 5) is 20.9. The highest BCUT2D eigenvalue weighted by Crippen LogP contribution is 2.19. The van der Waals surface area contributed by atoms with Crippen molar-refractivity contribution in [1.29, 1.82) is 0 Å². The Morgan fingerprint density at radius 2 is 2.10 bits per heavy atom. The average molecular weight is 280 g/mol. The van der Waals surface area contributed by atoms with E-state index in [0.717, 1.165) is 16.6 Å². The van der Waals surface area contributed by atoms with Crippen LogP contribution in [-0.2, 0) is 7.05 Å². The zero-order valence-electron chi connectivity index (χ0n) is 11.9. The third-order valence-corrected chi connectivity index (χ3v) is 3.51. The Kier molecular flexibility index (Phi) is 3.39. The smallest absolute Gasteiger partial charge is 0.253 e. The molecule has 5 heteroatoms. The molecule has 0 spiro atoms. The molecule has 0 aliphatic carbocycles. The van der Waals surface area contributed by atoms with Crippen molar-refractivity contribution >= 4 is 16.9 Å². The molecule has 0 saturated carbocycles. The number of aryl methyl sites for hydroxylation is 1. The van der Waals surface area contributed by atoms with E-state index in [4.69, 9.17) is 0 Å². The van der Waals surface area contributed by atoms with Crippen molar-refractivity contribution in [1.82, 2.24) is 19.9 Å². The van der Waals surface area contributed by atoms with Gasteiger partial charge in [-0.1, -0.05) is 6.07 Å². The van der Waals surface area contributed by atoms with Gasteiger partial charge in [0.05, 0.1) is 11.6 Å². The molecule has 106 valence electrons. The normalized spacial score (nSPS) is 12.3. The highest BCUT2D eigenvalue weighted by atomic mass is 16.1. The van der Waals surface area contributed by atoms with Gasteiger partial charge < -0.3 is 9.88 Å². The van der Waals surface area contributed by atoms with Gasteiger partial charge in [0.2, 0.25) is 0 Å². The molecule has 0 saturated heterocycles. The molecule has 5 nitrogen and oxygen atoms in total. The van der Waals surface area contributed by atoms with Gasteiger partial charge in [-0.15, -0.1) is 0 Å². The van der Waals surface area contributed by atoms with E-state index in [-0.39, 0.29) is 11.9 Å². The molecule has 21 heavy (non-hydrogen) atoms. The van der Waals surface area contributed by atoms with Crippen LogP contribution in [0.5, 0.6) is 0 Å². The van der Waals surface area contributed by atoms with Gasteiger partial charge in [0.1, 0.15) is 5.65 Å². The summed E-state index contributed by atoms with van der Waals surface area (Å²) < 4.78 is 1.86. The lowest BCUT2D eigenvalue weighted by Gasteiger charge is -2.13. The lowest BCUT2D eigenvalue weighted by molar-refractivity contribution is 0.0941. The van der Waals surface area contributed by atoms with Crippen molar-refractivity contribution in [3.8, 4) is 0 Å². The van der Waals surface area contributed by atoms with Crippen LogP contribution in [0.25, 0.3) is 11.0 Å². The molecule has 1 amide bonds. The summed E-state index contributed by atoms with van der Waals surface area (Å²) in [6.45, 7) is 1.94. The monoisotopic (exact) mass is 280 g/mol.